The summed E-state index contributed by atoms with van der Waals surface area (Å²) in [6.07, 6.45) is 0.0386. The van der Waals surface area contributed by atoms with Crippen LogP contribution in [0.1, 0.15) is 30.0 Å². The lowest BCUT2D eigenvalue weighted by molar-refractivity contribution is -0.121. The lowest BCUT2D eigenvalue weighted by Gasteiger charge is -2.10. The number of nitrogens with one attached hydrogen (secondary N) is 3. The first-order valence-corrected chi connectivity index (χ1v) is 8.77. The summed E-state index contributed by atoms with van der Waals surface area (Å²) in [5, 5.41) is 0. The number of carbonyl (C=O) groups excluding carboxylic acids is 2. The van der Waals surface area contributed by atoms with Crippen molar-refractivity contribution in [1.82, 2.24) is 20.8 Å². The summed E-state index contributed by atoms with van der Waals surface area (Å²) < 4.78 is 5.58. The Balaban J connectivity index is 1.50. The van der Waals surface area contributed by atoms with E-state index < -0.39 is 5.91 Å². The molecule has 0 unspecified atom stereocenters. The topological polar surface area (TPSA) is 96.1 Å². The zero-order chi connectivity index (χ0) is 19.2. The van der Waals surface area contributed by atoms with Gasteiger partial charge in [0, 0.05) is 5.56 Å². The van der Waals surface area contributed by atoms with Crippen molar-refractivity contribution in [3.05, 3.63) is 59.9 Å². The molecule has 0 radical (unpaired) electrons. The summed E-state index contributed by atoms with van der Waals surface area (Å²) in [5.41, 5.74) is 6.89. The molecule has 2 aromatic carbocycles. The fraction of sp³-hybridized carbons (Fsp3) is 0.250. The number of hydrogen-bond acceptors (Lipinski definition) is 4. The average Bonchev–Trinajstić information content (AvgIpc) is 3.07. The summed E-state index contributed by atoms with van der Waals surface area (Å²) in [6.45, 7) is 4.75. The minimum atomic E-state index is -0.400. The van der Waals surface area contributed by atoms with Gasteiger partial charge in [-0.2, -0.15) is 0 Å². The molecular weight excluding hydrogens is 344 g/mol. The fourth-order valence-corrected chi connectivity index (χ4v) is 2.45. The smallest absolute Gasteiger partial charge is 0.269 e. The third-order valence-electron chi connectivity index (χ3n) is 3.78. The molecule has 0 aliphatic carbocycles. The number of hydrazine groups is 1. The van der Waals surface area contributed by atoms with E-state index in [2.05, 4.69) is 34.7 Å². The Morgan fingerprint density at radius 3 is 2.52 bits per heavy atom. The highest BCUT2D eigenvalue weighted by atomic mass is 16.5. The molecule has 1 heterocycles. The van der Waals surface area contributed by atoms with Crippen molar-refractivity contribution in [2.75, 3.05) is 6.61 Å². The van der Waals surface area contributed by atoms with Crippen LogP contribution in [0.2, 0.25) is 0 Å². The van der Waals surface area contributed by atoms with Crippen molar-refractivity contribution in [2.24, 2.45) is 5.92 Å². The zero-order valence-corrected chi connectivity index (χ0v) is 15.3. The van der Waals surface area contributed by atoms with Crippen molar-refractivity contribution in [3.63, 3.8) is 0 Å². The Labute approximate surface area is 157 Å². The van der Waals surface area contributed by atoms with E-state index in [0.29, 0.717) is 29.7 Å². The molecule has 7 nitrogen and oxygen atoms in total. The number of aromatic amines is 1. The van der Waals surface area contributed by atoms with Gasteiger partial charge in [-0.05, 0) is 42.3 Å². The summed E-state index contributed by atoms with van der Waals surface area (Å²) in [5.74, 6) is 0.904. The van der Waals surface area contributed by atoms with Crippen LogP contribution in [0.25, 0.3) is 11.0 Å². The van der Waals surface area contributed by atoms with Gasteiger partial charge in [-0.1, -0.05) is 26.0 Å². The van der Waals surface area contributed by atoms with E-state index in [9.17, 15) is 9.59 Å². The van der Waals surface area contributed by atoms with Crippen LogP contribution < -0.4 is 15.6 Å². The molecule has 0 bridgehead atoms. The first kappa shape index (κ1) is 18.4. The minimum absolute atomic E-state index is 0.0386. The van der Waals surface area contributed by atoms with Crippen LogP contribution in [0.3, 0.4) is 0 Å². The second-order valence-corrected chi connectivity index (χ2v) is 6.61. The molecule has 1 aromatic heterocycles. The van der Waals surface area contributed by atoms with Gasteiger partial charge in [-0.3, -0.25) is 20.4 Å². The van der Waals surface area contributed by atoms with E-state index in [0.717, 1.165) is 11.0 Å². The van der Waals surface area contributed by atoms with Crippen LogP contribution in [-0.4, -0.2) is 28.4 Å². The minimum Gasteiger partial charge on any atom is -0.493 e. The number of hydrogen-bond donors (Lipinski definition) is 3. The van der Waals surface area contributed by atoms with E-state index in [1.165, 1.54) is 0 Å². The molecule has 0 aliphatic rings. The standard InChI is InChI=1S/C20H22N4O3/c1-13(2)12-27-15-9-7-14(8-10-15)20(26)24-23-19(25)11-18-21-16-5-3-4-6-17(16)22-18/h3-10,13H,11-12H2,1-2H3,(H,21,22)(H,23,25)(H,24,26). The Kier molecular flexibility index (Phi) is 5.71. The average molecular weight is 366 g/mol. The Hall–Kier alpha value is -3.35. The number of imidazole rings is 1. The van der Waals surface area contributed by atoms with Crippen LogP contribution in [0.15, 0.2) is 48.5 Å². The van der Waals surface area contributed by atoms with Crippen LogP contribution in [0, 0.1) is 5.92 Å². The summed E-state index contributed by atoms with van der Waals surface area (Å²) in [4.78, 5) is 31.6. The SMILES string of the molecule is CC(C)COc1ccc(C(=O)NNC(=O)Cc2nc3ccccc3[nH]2)cc1. The maximum atomic E-state index is 12.1. The molecule has 7 heteroatoms. The molecule has 0 fully saturated rings. The van der Waals surface area contributed by atoms with Crippen molar-refractivity contribution in [3.8, 4) is 5.75 Å². The third kappa shape index (κ3) is 5.07. The molecule has 0 saturated carbocycles. The maximum absolute atomic E-state index is 12.1. The molecule has 140 valence electrons. The predicted molar refractivity (Wildman–Crippen MR) is 102 cm³/mol. The van der Waals surface area contributed by atoms with Crippen LogP contribution in [-0.2, 0) is 11.2 Å². The van der Waals surface area contributed by atoms with Crippen LogP contribution in [0.5, 0.6) is 5.75 Å². The molecule has 3 rings (SSSR count). The van der Waals surface area contributed by atoms with E-state index in [1.807, 2.05) is 24.3 Å². The van der Waals surface area contributed by atoms with Gasteiger partial charge in [0.2, 0.25) is 5.91 Å². The van der Waals surface area contributed by atoms with E-state index in [-0.39, 0.29) is 12.3 Å². The van der Waals surface area contributed by atoms with Gasteiger partial charge >= 0.3 is 0 Å². The lowest BCUT2D eigenvalue weighted by atomic mass is 10.2. The Morgan fingerprint density at radius 2 is 1.81 bits per heavy atom. The number of fused-ring (bicyclic) bond motifs is 1. The van der Waals surface area contributed by atoms with Gasteiger partial charge < -0.3 is 9.72 Å². The number of aromatic nitrogens is 2. The largest absolute Gasteiger partial charge is 0.493 e. The van der Waals surface area contributed by atoms with Gasteiger partial charge in [0.15, 0.2) is 0 Å². The van der Waals surface area contributed by atoms with Crippen molar-refractivity contribution < 1.29 is 14.3 Å². The highest BCUT2D eigenvalue weighted by molar-refractivity contribution is 5.95. The molecule has 0 saturated heterocycles. The molecule has 0 aliphatic heterocycles. The van der Waals surface area contributed by atoms with E-state index >= 15 is 0 Å². The quantitative estimate of drug-likeness (QED) is 0.584. The van der Waals surface area contributed by atoms with Crippen molar-refractivity contribution in [2.45, 2.75) is 20.3 Å². The highest BCUT2D eigenvalue weighted by Crippen LogP contribution is 2.13. The summed E-state index contributed by atoms with van der Waals surface area (Å²) >= 11 is 0. The van der Waals surface area contributed by atoms with Crippen molar-refractivity contribution >= 4 is 22.8 Å². The summed E-state index contributed by atoms with van der Waals surface area (Å²) in [7, 11) is 0. The number of nitrogens with zero attached hydrogens (tertiary/aromatic N) is 1. The van der Waals surface area contributed by atoms with Gasteiger partial charge in [0.05, 0.1) is 24.1 Å². The predicted octanol–water partition coefficient (Wildman–Crippen LogP) is 2.60. The molecule has 3 N–H and O–H groups in total. The molecule has 2 amide bonds. The lowest BCUT2D eigenvalue weighted by Crippen LogP contribution is -2.42. The van der Waals surface area contributed by atoms with Gasteiger partial charge in [0.1, 0.15) is 11.6 Å². The van der Waals surface area contributed by atoms with Crippen LogP contribution in [0.4, 0.5) is 0 Å². The Bertz CT molecular complexity index is 899. The number of amides is 2. The monoisotopic (exact) mass is 366 g/mol. The molecule has 0 spiro atoms. The Morgan fingerprint density at radius 1 is 1.07 bits per heavy atom. The number of carbonyl (C=O) groups is 2. The van der Waals surface area contributed by atoms with Crippen LogP contribution >= 0.6 is 0 Å². The number of benzene rings is 2. The van der Waals surface area contributed by atoms with E-state index in [4.69, 9.17) is 4.74 Å². The highest BCUT2D eigenvalue weighted by Gasteiger charge is 2.10. The van der Waals surface area contributed by atoms with Gasteiger partial charge in [0.25, 0.3) is 5.91 Å². The first-order chi connectivity index (χ1) is 13.0. The first-order valence-electron chi connectivity index (χ1n) is 8.77. The second-order valence-electron chi connectivity index (χ2n) is 6.61. The number of ether oxygens (including phenoxy) is 1. The van der Waals surface area contributed by atoms with Gasteiger partial charge in [-0.15, -0.1) is 0 Å². The fourth-order valence-electron chi connectivity index (χ4n) is 2.45. The zero-order valence-electron chi connectivity index (χ0n) is 15.3. The molecular formula is C20H22N4O3. The maximum Gasteiger partial charge on any atom is 0.269 e. The third-order valence-corrected chi connectivity index (χ3v) is 3.78. The van der Waals surface area contributed by atoms with Crippen molar-refractivity contribution in [1.29, 1.82) is 0 Å². The number of rotatable bonds is 6. The second kappa shape index (κ2) is 8.35. The molecule has 3 aromatic rings. The normalized spacial score (nSPS) is 10.8. The number of H-pyrrole nitrogens is 1. The van der Waals surface area contributed by atoms with Gasteiger partial charge in [-0.25, -0.2) is 4.98 Å². The molecule has 0 atom stereocenters. The number of para-hydroxylation sites is 2. The molecule has 27 heavy (non-hydrogen) atoms. The van der Waals surface area contributed by atoms with E-state index in [1.54, 1.807) is 24.3 Å². The summed E-state index contributed by atoms with van der Waals surface area (Å²) in [6, 6.07) is 14.3.